The van der Waals surface area contributed by atoms with Crippen molar-refractivity contribution in [3.05, 3.63) is 23.8 Å². The largest absolute Gasteiger partial charge is 0.497 e. The van der Waals surface area contributed by atoms with E-state index in [9.17, 15) is 9.59 Å². The Hall–Kier alpha value is -2.77. The molecule has 1 aliphatic carbocycles. The van der Waals surface area contributed by atoms with E-state index in [1.165, 1.54) is 26.4 Å². The molecule has 0 radical (unpaired) electrons. The Kier molecular flexibility index (Phi) is 10.3. The third-order valence-electron chi connectivity index (χ3n) is 5.68. The van der Waals surface area contributed by atoms with E-state index < -0.39 is 6.04 Å². The molecular formula is C24H38N4O4. The summed E-state index contributed by atoms with van der Waals surface area (Å²) >= 11 is 0. The maximum absolute atomic E-state index is 12.8. The molecular weight excluding hydrogens is 408 g/mol. The summed E-state index contributed by atoms with van der Waals surface area (Å²) in [5, 5.41) is 5.57. The number of carbonyl (C=O) groups excluding carboxylic acids is 2. The molecule has 0 saturated heterocycles. The molecule has 1 aromatic rings. The number of hydrogen-bond donors (Lipinski definition) is 3. The van der Waals surface area contributed by atoms with Crippen LogP contribution in [0.4, 0.5) is 0 Å². The number of carbonyl (C=O) groups is 2. The number of guanidine groups is 1. The van der Waals surface area contributed by atoms with Crippen molar-refractivity contribution in [2.24, 2.45) is 22.6 Å². The molecule has 0 aliphatic heterocycles. The zero-order valence-corrected chi connectivity index (χ0v) is 19.8. The SMILES string of the molecule is COc1ccc(CC(=O)NC(N)=N[C@H](CC2CCCCC2)C(=O)NCC(C)C)c(OC)c1. The zero-order chi connectivity index (χ0) is 23.5. The molecule has 8 nitrogen and oxygen atoms in total. The highest BCUT2D eigenvalue weighted by Gasteiger charge is 2.24. The smallest absolute Gasteiger partial charge is 0.244 e. The number of aliphatic imine (C=N–C) groups is 1. The second kappa shape index (κ2) is 12.9. The Morgan fingerprint density at radius 3 is 2.50 bits per heavy atom. The molecule has 178 valence electrons. The van der Waals surface area contributed by atoms with Crippen LogP contribution in [0.2, 0.25) is 0 Å². The predicted molar refractivity (Wildman–Crippen MR) is 126 cm³/mol. The lowest BCUT2D eigenvalue weighted by Crippen LogP contribution is -2.42. The van der Waals surface area contributed by atoms with E-state index in [1.54, 1.807) is 25.3 Å². The van der Waals surface area contributed by atoms with Gasteiger partial charge in [-0.3, -0.25) is 14.9 Å². The molecule has 4 N–H and O–H groups in total. The summed E-state index contributed by atoms with van der Waals surface area (Å²) in [6, 6.07) is 4.66. The maximum atomic E-state index is 12.8. The van der Waals surface area contributed by atoms with E-state index in [2.05, 4.69) is 15.6 Å². The molecule has 2 amide bonds. The standard InChI is InChI=1S/C24H38N4O4/c1-16(2)15-26-23(30)20(12-17-8-6-5-7-9-17)27-24(25)28-22(29)13-18-10-11-19(31-3)14-21(18)32-4/h10-11,14,16-17,20H,5-9,12-13,15H2,1-4H3,(H,26,30)(H3,25,27,28,29)/t20-/m1/s1. The lowest BCUT2D eigenvalue weighted by Gasteiger charge is -2.24. The van der Waals surface area contributed by atoms with Crippen LogP contribution in [0.5, 0.6) is 11.5 Å². The van der Waals surface area contributed by atoms with Crippen LogP contribution in [0, 0.1) is 11.8 Å². The van der Waals surface area contributed by atoms with Crippen LogP contribution in [0.15, 0.2) is 23.2 Å². The van der Waals surface area contributed by atoms with Gasteiger partial charge in [-0.1, -0.05) is 52.0 Å². The molecule has 0 unspecified atom stereocenters. The summed E-state index contributed by atoms with van der Waals surface area (Å²) in [5.41, 5.74) is 6.73. The van der Waals surface area contributed by atoms with Gasteiger partial charge in [-0.15, -0.1) is 0 Å². The van der Waals surface area contributed by atoms with Crippen LogP contribution in [-0.2, 0) is 16.0 Å². The molecule has 1 atom stereocenters. The van der Waals surface area contributed by atoms with E-state index >= 15 is 0 Å². The van der Waals surface area contributed by atoms with Crippen LogP contribution in [0.1, 0.15) is 57.9 Å². The third-order valence-corrected chi connectivity index (χ3v) is 5.68. The van der Waals surface area contributed by atoms with E-state index in [-0.39, 0.29) is 24.2 Å². The van der Waals surface area contributed by atoms with Crippen molar-refractivity contribution in [2.45, 2.75) is 64.8 Å². The second-order valence-corrected chi connectivity index (χ2v) is 8.81. The predicted octanol–water partition coefficient (Wildman–Crippen LogP) is 2.79. The quantitative estimate of drug-likeness (QED) is 0.378. The van der Waals surface area contributed by atoms with E-state index in [0.29, 0.717) is 41.9 Å². The molecule has 1 aromatic carbocycles. The molecule has 2 rings (SSSR count). The van der Waals surface area contributed by atoms with Crippen molar-refractivity contribution in [2.75, 3.05) is 20.8 Å². The molecule has 32 heavy (non-hydrogen) atoms. The highest BCUT2D eigenvalue weighted by Crippen LogP contribution is 2.28. The second-order valence-electron chi connectivity index (χ2n) is 8.81. The first kappa shape index (κ1) is 25.5. The highest BCUT2D eigenvalue weighted by atomic mass is 16.5. The molecule has 0 aromatic heterocycles. The van der Waals surface area contributed by atoms with Crippen molar-refractivity contribution in [1.29, 1.82) is 0 Å². The maximum Gasteiger partial charge on any atom is 0.244 e. The number of amides is 2. The van der Waals surface area contributed by atoms with Gasteiger partial charge in [-0.2, -0.15) is 0 Å². The number of ether oxygens (including phenoxy) is 2. The van der Waals surface area contributed by atoms with Gasteiger partial charge in [0.1, 0.15) is 17.5 Å². The van der Waals surface area contributed by atoms with Gasteiger partial charge in [-0.05, 0) is 24.3 Å². The number of benzene rings is 1. The molecule has 1 fully saturated rings. The monoisotopic (exact) mass is 446 g/mol. The number of nitrogens with zero attached hydrogens (tertiary/aromatic N) is 1. The summed E-state index contributed by atoms with van der Waals surface area (Å²) in [6.07, 6.45) is 6.54. The summed E-state index contributed by atoms with van der Waals surface area (Å²) in [6.45, 7) is 4.67. The molecule has 1 aliphatic rings. The van der Waals surface area contributed by atoms with Crippen LogP contribution in [0.25, 0.3) is 0 Å². The minimum atomic E-state index is -0.604. The molecule has 8 heteroatoms. The van der Waals surface area contributed by atoms with Crippen molar-refractivity contribution in [3.63, 3.8) is 0 Å². The first-order valence-corrected chi connectivity index (χ1v) is 11.4. The van der Waals surface area contributed by atoms with Crippen LogP contribution >= 0.6 is 0 Å². The molecule has 0 bridgehead atoms. The fraction of sp³-hybridized carbons (Fsp3) is 0.625. The summed E-state index contributed by atoms with van der Waals surface area (Å²) < 4.78 is 10.5. The Morgan fingerprint density at radius 1 is 1.16 bits per heavy atom. The molecule has 0 heterocycles. The minimum absolute atomic E-state index is 0.0389. The molecule has 1 saturated carbocycles. The van der Waals surface area contributed by atoms with Gasteiger partial charge in [-0.25, -0.2) is 4.99 Å². The van der Waals surface area contributed by atoms with Crippen molar-refractivity contribution in [1.82, 2.24) is 10.6 Å². The zero-order valence-electron chi connectivity index (χ0n) is 19.8. The first-order valence-electron chi connectivity index (χ1n) is 11.4. The number of hydrogen-bond acceptors (Lipinski definition) is 5. The van der Waals surface area contributed by atoms with E-state index in [1.807, 2.05) is 13.8 Å². The van der Waals surface area contributed by atoms with Gasteiger partial charge in [0.15, 0.2) is 5.96 Å². The Bertz CT molecular complexity index is 788. The lowest BCUT2D eigenvalue weighted by molar-refractivity contribution is -0.123. The molecule has 0 spiro atoms. The fourth-order valence-corrected chi connectivity index (χ4v) is 3.94. The van der Waals surface area contributed by atoms with E-state index in [4.69, 9.17) is 15.2 Å². The average Bonchev–Trinajstić information content (AvgIpc) is 2.77. The Balaban J connectivity index is 2.05. The number of methoxy groups -OCH3 is 2. The Labute approximate surface area is 191 Å². The summed E-state index contributed by atoms with van der Waals surface area (Å²) in [5.74, 6) is 1.49. The van der Waals surface area contributed by atoms with E-state index in [0.717, 1.165) is 12.8 Å². The fourth-order valence-electron chi connectivity index (χ4n) is 3.94. The van der Waals surface area contributed by atoms with Crippen molar-refractivity contribution in [3.8, 4) is 11.5 Å². The third kappa shape index (κ3) is 8.40. The summed E-state index contributed by atoms with van der Waals surface area (Å²) in [7, 11) is 3.11. The number of nitrogens with one attached hydrogen (secondary N) is 2. The Morgan fingerprint density at radius 2 is 1.88 bits per heavy atom. The van der Waals surface area contributed by atoms with Crippen LogP contribution in [-0.4, -0.2) is 44.6 Å². The van der Waals surface area contributed by atoms with Gasteiger partial charge < -0.3 is 20.5 Å². The van der Waals surface area contributed by atoms with Crippen molar-refractivity contribution >= 4 is 17.8 Å². The number of rotatable bonds is 10. The van der Waals surface area contributed by atoms with Crippen LogP contribution in [0.3, 0.4) is 0 Å². The normalized spacial score (nSPS) is 15.8. The minimum Gasteiger partial charge on any atom is -0.497 e. The van der Waals surface area contributed by atoms with Gasteiger partial charge in [0.25, 0.3) is 0 Å². The van der Waals surface area contributed by atoms with Gasteiger partial charge in [0, 0.05) is 18.2 Å². The number of nitrogens with two attached hydrogens (primary N) is 1. The van der Waals surface area contributed by atoms with Gasteiger partial charge in [0.2, 0.25) is 11.8 Å². The lowest BCUT2D eigenvalue weighted by atomic mass is 9.84. The van der Waals surface area contributed by atoms with Gasteiger partial charge in [0.05, 0.1) is 20.6 Å². The topological polar surface area (TPSA) is 115 Å². The van der Waals surface area contributed by atoms with Gasteiger partial charge >= 0.3 is 0 Å². The summed E-state index contributed by atoms with van der Waals surface area (Å²) in [4.78, 5) is 29.7. The highest BCUT2D eigenvalue weighted by molar-refractivity contribution is 5.98. The van der Waals surface area contributed by atoms with Crippen molar-refractivity contribution < 1.29 is 19.1 Å². The first-order chi connectivity index (χ1) is 15.3. The average molecular weight is 447 g/mol. The van der Waals surface area contributed by atoms with Crippen LogP contribution < -0.4 is 25.8 Å².